The normalized spacial score (nSPS) is 33.3. The average Bonchev–Trinajstić information content (AvgIpc) is 1.85. The van der Waals surface area contributed by atoms with Crippen molar-refractivity contribution in [2.24, 2.45) is 0 Å². The molecule has 0 radical (unpaired) electrons. The van der Waals surface area contributed by atoms with E-state index in [9.17, 15) is 5.11 Å². The van der Waals surface area contributed by atoms with Crippen molar-refractivity contribution in [3.63, 3.8) is 0 Å². The van der Waals surface area contributed by atoms with Gasteiger partial charge in [0.05, 0.1) is 18.8 Å². The fraction of sp³-hybridized carbons (Fsp3) is 1.00. The molecule has 0 aromatic carbocycles. The van der Waals surface area contributed by atoms with Crippen LogP contribution in [-0.4, -0.2) is 29.7 Å². The molecule has 1 heterocycles. The van der Waals surface area contributed by atoms with Crippen molar-refractivity contribution in [3.8, 4) is 0 Å². The van der Waals surface area contributed by atoms with Crippen LogP contribution in [0.2, 0.25) is 0 Å². The predicted molar refractivity (Wildman–Crippen MR) is 41.2 cm³/mol. The summed E-state index contributed by atoms with van der Waals surface area (Å²) >= 11 is 0. The molecule has 1 fully saturated rings. The summed E-state index contributed by atoms with van der Waals surface area (Å²) in [5.74, 6) is -0.528. The fourth-order valence-corrected chi connectivity index (χ4v) is 1.22. The van der Waals surface area contributed by atoms with E-state index in [1.54, 1.807) is 6.92 Å². The molecule has 0 aromatic heterocycles. The second kappa shape index (κ2) is 3.09. The summed E-state index contributed by atoms with van der Waals surface area (Å²) in [4.78, 5) is 0. The number of rotatable bonds is 1. The van der Waals surface area contributed by atoms with Crippen molar-refractivity contribution in [1.29, 1.82) is 0 Å². The molecular weight excluding hydrogens is 144 g/mol. The Hall–Kier alpha value is -0.120. The van der Waals surface area contributed by atoms with Gasteiger partial charge in [-0.1, -0.05) is 0 Å². The van der Waals surface area contributed by atoms with Gasteiger partial charge in [-0.3, -0.25) is 0 Å². The highest BCUT2D eigenvalue weighted by Gasteiger charge is 2.31. The van der Waals surface area contributed by atoms with E-state index in [1.165, 1.54) is 0 Å². The number of hydrogen-bond donors (Lipinski definition) is 1. The Morgan fingerprint density at radius 1 is 1.55 bits per heavy atom. The maximum absolute atomic E-state index is 9.23. The van der Waals surface area contributed by atoms with Gasteiger partial charge in [0.2, 0.25) is 0 Å². The molecule has 1 rings (SSSR count). The van der Waals surface area contributed by atoms with Crippen LogP contribution in [0.25, 0.3) is 0 Å². The van der Waals surface area contributed by atoms with Crippen LogP contribution in [0.4, 0.5) is 0 Å². The standard InChI is InChI=1S/C8H16O3/c1-6(9)7-4-5-10-8(2,3)11-7/h6-7,9H,4-5H2,1-3H3. The highest BCUT2D eigenvalue weighted by Crippen LogP contribution is 2.23. The second-order valence-corrected chi connectivity index (χ2v) is 3.43. The lowest BCUT2D eigenvalue weighted by Crippen LogP contribution is -2.44. The first kappa shape index (κ1) is 8.97. The van der Waals surface area contributed by atoms with E-state index in [2.05, 4.69) is 0 Å². The monoisotopic (exact) mass is 160 g/mol. The van der Waals surface area contributed by atoms with E-state index < -0.39 is 11.9 Å². The lowest BCUT2D eigenvalue weighted by molar-refractivity contribution is -0.286. The lowest BCUT2D eigenvalue weighted by Gasteiger charge is -2.37. The molecule has 0 aliphatic carbocycles. The molecule has 1 aliphatic heterocycles. The summed E-state index contributed by atoms with van der Waals surface area (Å²) in [5.41, 5.74) is 0. The van der Waals surface area contributed by atoms with E-state index >= 15 is 0 Å². The Labute approximate surface area is 67.3 Å². The molecule has 0 aromatic rings. The van der Waals surface area contributed by atoms with Gasteiger partial charge in [-0.25, -0.2) is 0 Å². The summed E-state index contributed by atoms with van der Waals surface area (Å²) in [6.45, 7) is 6.14. The summed E-state index contributed by atoms with van der Waals surface area (Å²) in [7, 11) is 0. The van der Waals surface area contributed by atoms with Crippen LogP contribution in [0.15, 0.2) is 0 Å². The van der Waals surface area contributed by atoms with Gasteiger partial charge in [-0.05, 0) is 27.2 Å². The van der Waals surface area contributed by atoms with Gasteiger partial charge in [0.1, 0.15) is 0 Å². The van der Waals surface area contributed by atoms with E-state index in [0.717, 1.165) is 6.42 Å². The van der Waals surface area contributed by atoms with Gasteiger partial charge in [-0.15, -0.1) is 0 Å². The van der Waals surface area contributed by atoms with Gasteiger partial charge in [0.25, 0.3) is 0 Å². The maximum Gasteiger partial charge on any atom is 0.163 e. The third kappa shape index (κ3) is 2.43. The van der Waals surface area contributed by atoms with Crippen molar-refractivity contribution < 1.29 is 14.6 Å². The highest BCUT2D eigenvalue weighted by molar-refractivity contribution is 4.72. The zero-order chi connectivity index (χ0) is 8.48. The van der Waals surface area contributed by atoms with Crippen LogP contribution in [0, 0.1) is 0 Å². The molecular formula is C8H16O3. The van der Waals surface area contributed by atoms with Crippen molar-refractivity contribution in [2.75, 3.05) is 6.61 Å². The fourth-order valence-electron chi connectivity index (χ4n) is 1.22. The van der Waals surface area contributed by atoms with Gasteiger partial charge in [-0.2, -0.15) is 0 Å². The molecule has 3 nitrogen and oxygen atoms in total. The van der Waals surface area contributed by atoms with E-state index in [0.29, 0.717) is 6.61 Å². The molecule has 0 saturated carbocycles. The summed E-state index contributed by atoms with van der Waals surface area (Å²) in [6.07, 6.45) is 0.304. The van der Waals surface area contributed by atoms with Crippen molar-refractivity contribution in [2.45, 2.75) is 45.2 Å². The molecule has 1 aliphatic rings. The smallest absolute Gasteiger partial charge is 0.163 e. The Balaban J connectivity index is 2.46. The quantitative estimate of drug-likeness (QED) is 0.619. The molecule has 0 amide bonds. The Kier molecular flexibility index (Phi) is 2.52. The molecule has 0 spiro atoms. The van der Waals surface area contributed by atoms with Crippen LogP contribution >= 0.6 is 0 Å². The predicted octanol–water partition coefficient (Wildman–Crippen LogP) is 0.909. The first-order valence-corrected chi connectivity index (χ1v) is 4.01. The summed E-state index contributed by atoms with van der Waals surface area (Å²) in [5, 5.41) is 9.23. The highest BCUT2D eigenvalue weighted by atomic mass is 16.7. The van der Waals surface area contributed by atoms with Crippen LogP contribution in [0.3, 0.4) is 0 Å². The maximum atomic E-state index is 9.23. The van der Waals surface area contributed by atoms with Gasteiger partial charge in [0, 0.05) is 0 Å². The number of ether oxygens (including phenoxy) is 2. The summed E-state index contributed by atoms with van der Waals surface area (Å²) in [6, 6.07) is 0. The van der Waals surface area contributed by atoms with Gasteiger partial charge >= 0.3 is 0 Å². The zero-order valence-electron chi connectivity index (χ0n) is 7.33. The van der Waals surface area contributed by atoms with E-state index in [-0.39, 0.29) is 6.10 Å². The van der Waals surface area contributed by atoms with Gasteiger partial charge in [0.15, 0.2) is 5.79 Å². The lowest BCUT2D eigenvalue weighted by atomic mass is 10.1. The van der Waals surface area contributed by atoms with Crippen LogP contribution in [-0.2, 0) is 9.47 Å². The topological polar surface area (TPSA) is 38.7 Å². The van der Waals surface area contributed by atoms with Crippen molar-refractivity contribution in [3.05, 3.63) is 0 Å². The third-order valence-corrected chi connectivity index (χ3v) is 1.83. The Morgan fingerprint density at radius 3 is 2.55 bits per heavy atom. The van der Waals surface area contributed by atoms with Crippen LogP contribution in [0.5, 0.6) is 0 Å². The molecule has 1 N–H and O–H groups in total. The molecule has 11 heavy (non-hydrogen) atoms. The molecule has 3 heteroatoms. The molecule has 0 bridgehead atoms. The number of hydrogen-bond acceptors (Lipinski definition) is 3. The average molecular weight is 160 g/mol. The molecule has 66 valence electrons. The van der Waals surface area contributed by atoms with Crippen molar-refractivity contribution >= 4 is 0 Å². The first-order chi connectivity index (χ1) is 5.01. The van der Waals surface area contributed by atoms with Gasteiger partial charge < -0.3 is 14.6 Å². The minimum Gasteiger partial charge on any atom is -0.391 e. The van der Waals surface area contributed by atoms with E-state index in [4.69, 9.17) is 9.47 Å². The number of aliphatic hydroxyl groups is 1. The minimum atomic E-state index is -0.528. The van der Waals surface area contributed by atoms with E-state index in [1.807, 2.05) is 13.8 Å². The number of aliphatic hydroxyl groups excluding tert-OH is 1. The molecule has 2 atom stereocenters. The zero-order valence-corrected chi connectivity index (χ0v) is 7.33. The Bertz CT molecular complexity index is 131. The van der Waals surface area contributed by atoms with Crippen molar-refractivity contribution in [1.82, 2.24) is 0 Å². The minimum absolute atomic E-state index is 0.0706. The Morgan fingerprint density at radius 2 is 2.18 bits per heavy atom. The molecule has 2 unspecified atom stereocenters. The summed E-state index contributed by atoms with van der Waals surface area (Å²) < 4.78 is 10.8. The molecule has 1 saturated heterocycles. The SMILES string of the molecule is CC(O)C1CCOC(C)(C)O1. The second-order valence-electron chi connectivity index (χ2n) is 3.43. The first-order valence-electron chi connectivity index (χ1n) is 4.01. The van der Waals surface area contributed by atoms with Crippen LogP contribution < -0.4 is 0 Å². The van der Waals surface area contributed by atoms with Crippen LogP contribution in [0.1, 0.15) is 27.2 Å². The largest absolute Gasteiger partial charge is 0.391 e. The third-order valence-electron chi connectivity index (χ3n) is 1.83.